The van der Waals surface area contributed by atoms with Crippen molar-refractivity contribution < 1.29 is 18.0 Å². The number of anilines is 1. The van der Waals surface area contributed by atoms with Crippen LogP contribution in [-0.2, 0) is 19.6 Å². The van der Waals surface area contributed by atoms with Gasteiger partial charge in [-0.3, -0.25) is 14.5 Å². The van der Waals surface area contributed by atoms with Crippen LogP contribution in [0.2, 0.25) is 0 Å². The van der Waals surface area contributed by atoms with Gasteiger partial charge in [-0.25, -0.2) is 8.42 Å². The van der Waals surface area contributed by atoms with Gasteiger partial charge in [0, 0.05) is 18.3 Å². The first-order valence-corrected chi connectivity index (χ1v) is 11.5. The Bertz CT molecular complexity index is 864. The molecule has 28 heavy (non-hydrogen) atoms. The maximum Gasteiger partial charge on any atom is 0.247 e. The Morgan fingerprint density at radius 1 is 1.25 bits per heavy atom. The topological polar surface area (TPSA) is 86.8 Å². The van der Waals surface area contributed by atoms with Crippen LogP contribution in [0.1, 0.15) is 45.1 Å². The van der Waals surface area contributed by atoms with Crippen molar-refractivity contribution in [2.75, 3.05) is 23.7 Å². The van der Waals surface area contributed by atoms with Gasteiger partial charge in [-0.05, 0) is 45.2 Å². The molecular formula is C20H29N3O4S. The quantitative estimate of drug-likeness (QED) is 0.807. The highest BCUT2D eigenvalue weighted by molar-refractivity contribution is 7.89. The van der Waals surface area contributed by atoms with Crippen LogP contribution in [0.3, 0.4) is 0 Å². The predicted molar refractivity (Wildman–Crippen MR) is 109 cm³/mol. The minimum Gasteiger partial charge on any atom is -0.351 e. The van der Waals surface area contributed by atoms with Crippen molar-refractivity contribution >= 4 is 27.5 Å². The first kappa shape index (κ1) is 20.8. The van der Waals surface area contributed by atoms with Crippen LogP contribution in [0.15, 0.2) is 24.3 Å². The molecule has 1 N–H and O–H groups in total. The fourth-order valence-electron chi connectivity index (χ4n) is 4.14. The minimum absolute atomic E-state index is 0.0538. The SMILES string of the molecule is CCS(=O)(=O)N1CC(=O)N(c2ccccc2C)C(C)(C(=O)NC2CCCC2)C1. The largest absolute Gasteiger partial charge is 0.351 e. The molecule has 2 fully saturated rings. The van der Waals surface area contributed by atoms with Gasteiger partial charge >= 0.3 is 0 Å². The second kappa shape index (κ2) is 7.83. The average molecular weight is 408 g/mol. The third-order valence-corrected chi connectivity index (χ3v) is 7.61. The molecule has 1 aromatic rings. The zero-order chi connectivity index (χ0) is 20.5. The van der Waals surface area contributed by atoms with Gasteiger partial charge in [-0.1, -0.05) is 31.0 Å². The highest BCUT2D eigenvalue weighted by Gasteiger charge is 2.51. The maximum atomic E-state index is 13.4. The molecule has 2 aliphatic rings. The normalized spacial score (nSPS) is 24.5. The van der Waals surface area contributed by atoms with Crippen LogP contribution < -0.4 is 10.2 Å². The van der Waals surface area contributed by atoms with Crippen molar-refractivity contribution in [3.8, 4) is 0 Å². The minimum atomic E-state index is -3.60. The lowest BCUT2D eigenvalue weighted by atomic mass is 9.93. The van der Waals surface area contributed by atoms with Gasteiger partial charge in [0.2, 0.25) is 21.8 Å². The maximum absolute atomic E-state index is 13.4. The zero-order valence-electron chi connectivity index (χ0n) is 16.8. The second-order valence-corrected chi connectivity index (χ2v) is 10.2. The Balaban J connectivity index is 2.02. The third-order valence-electron chi connectivity index (χ3n) is 5.83. The summed E-state index contributed by atoms with van der Waals surface area (Å²) in [6.45, 7) is 4.79. The van der Waals surface area contributed by atoms with Crippen LogP contribution in [0.5, 0.6) is 0 Å². The van der Waals surface area contributed by atoms with Crippen molar-refractivity contribution in [3.05, 3.63) is 29.8 Å². The number of hydrogen-bond donors (Lipinski definition) is 1. The number of hydrogen-bond acceptors (Lipinski definition) is 4. The molecule has 3 rings (SSSR count). The Hall–Kier alpha value is -1.93. The van der Waals surface area contributed by atoms with E-state index in [0.717, 1.165) is 35.6 Å². The molecule has 1 aromatic carbocycles. The van der Waals surface area contributed by atoms with E-state index >= 15 is 0 Å². The first-order valence-electron chi connectivity index (χ1n) is 9.86. The Morgan fingerprint density at radius 2 is 1.89 bits per heavy atom. The van der Waals surface area contributed by atoms with Gasteiger partial charge in [0.25, 0.3) is 0 Å². The number of nitrogens with zero attached hydrogens (tertiary/aromatic N) is 2. The smallest absolute Gasteiger partial charge is 0.247 e. The van der Waals surface area contributed by atoms with Crippen LogP contribution >= 0.6 is 0 Å². The number of amides is 2. The molecule has 1 heterocycles. The van der Waals surface area contributed by atoms with Crippen molar-refractivity contribution in [3.63, 3.8) is 0 Å². The average Bonchev–Trinajstić information content (AvgIpc) is 3.15. The summed E-state index contributed by atoms with van der Waals surface area (Å²) in [7, 11) is -3.60. The molecule has 1 aliphatic heterocycles. The van der Waals surface area contributed by atoms with E-state index in [1.54, 1.807) is 19.9 Å². The number of benzene rings is 1. The summed E-state index contributed by atoms with van der Waals surface area (Å²) in [4.78, 5) is 28.0. The van der Waals surface area contributed by atoms with Crippen LogP contribution in [0.25, 0.3) is 0 Å². The van der Waals surface area contributed by atoms with Crippen LogP contribution in [0.4, 0.5) is 5.69 Å². The van der Waals surface area contributed by atoms with E-state index in [1.807, 2.05) is 25.1 Å². The summed E-state index contributed by atoms with van der Waals surface area (Å²) in [5.41, 5.74) is 0.194. The molecular weight excluding hydrogens is 378 g/mol. The number of para-hydroxylation sites is 1. The zero-order valence-corrected chi connectivity index (χ0v) is 17.6. The first-order chi connectivity index (χ1) is 13.2. The van der Waals surface area contributed by atoms with E-state index < -0.39 is 15.6 Å². The van der Waals surface area contributed by atoms with E-state index in [9.17, 15) is 18.0 Å². The summed E-state index contributed by atoms with van der Waals surface area (Å²) < 4.78 is 26.1. The highest BCUT2D eigenvalue weighted by atomic mass is 32.2. The molecule has 8 heteroatoms. The monoisotopic (exact) mass is 407 g/mol. The molecule has 2 amide bonds. The lowest BCUT2D eigenvalue weighted by molar-refractivity contribution is -0.133. The van der Waals surface area contributed by atoms with Crippen molar-refractivity contribution in [1.29, 1.82) is 0 Å². The Labute approximate surface area is 167 Å². The summed E-state index contributed by atoms with van der Waals surface area (Å²) in [5, 5.41) is 3.06. The number of aryl methyl sites for hydroxylation is 1. The van der Waals surface area contributed by atoms with E-state index in [2.05, 4.69) is 5.32 Å². The van der Waals surface area contributed by atoms with E-state index in [1.165, 1.54) is 4.90 Å². The number of carbonyl (C=O) groups excluding carboxylic acids is 2. The molecule has 1 unspecified atom stereocenters. The fourth-order valence-corrected chi connectivity index (χ4v) is 5.27. The lowest BCUT2D eigenvalue weighted by Crippen LogP contribution is -2.71. The molecule has 0 bridgehead atoms. The Kier molecular flexibility index (Phi) is 5.82. The lowest BCUT2D eigenvalue weighted by Gasteiger charge is -2.47. The molecule has 1 aliphatic carbocycles. The van der Waals surface area contributed by atoms with E-state index in [-0.39, 0.29) is 36.7 Å². The molecule has 0 aromatic heterocycles. The molecule has 154 valence electrons. The molecule has 1 saturated carbocycles. The van der Waals surface area contributed by atoms with Crippen molar-refractivity contribution in [1.82, 2.24) is 9.62 Å². The Morgan fingerprint density at radius 3 is 2.50 bits per heavy atom. The summed E-state index contributed by atoms with van der Waals surface area (Å²) >= 11 is 0. The van der Waals surface area contributed by atoms with E-state index in [0.29, 0.717) is 5.69 Å². The number of rotatable bonds is 5. The van der Waals surface area contributed by atoms with Gasteiger partial charge in [-0.15, -0.1) is 0 Å². The van der Waals surface area contributed by atoms with Gasteiger partial charge in [0.15, 0.2) is 0 Å². The summed E-state index contributed by atoms with van der Waals surface area (Å²) in [6.07, 6.45) is 3.96. The van der Waals surface area contributed by atoms with Crippen LogP contribution in [-0.4, -0.2) is 55.0 Å². The molecule has 0 spiro atoms. The number of piperazine rings is 1. The molecule has 1 atom stereocenters. The number of sulfonamides is 1. The predicted octanol–water partition coefficient (Wildman–Crippen LogP) is 1.81. The van der Waals surface area contributed by atoms with Gasteiger partial charge < -0.3 is 5.32 Å². The standard InChI is InChI=1S/C20H29N3O4S/c1-4-28(26,27)22-13-18(24)23(17-12-8-5-9-15(17)2)20(3,14-22)19(25)21-16-10-6-7-11-16/h5,8-9,12,16H,4,6-7,10-11,13-14H2,1-3H3,(H,21,25). The molecule has 0 radical (unpaired) electrons. The van der Waals surface area contributed by atoms with Crippen molar-refractivity contribution in [2.45, 2.75) is 58.0 Å². The highest BCUT2D eigenvalue weighted by Crippen LogP contribution is 2.33. The summed E-state index contributed by atoms with van der Waals surface area (Å²) in [6, 6.07) is 7.46. The molecule has 1 saturated heterocycles. The van der Waals surface area contributed by atoms with Crippen molar-refractivity contribution in [2.24, 2.45) is 0 Å². The van der Waals surface area contributed by atoms with Gasteiger partial charge in [-0.2, -0.15) is 4.31 Å². The fraction of sp³-hybridized carbons (Fsp3) is 0.600. The summed E-state index contributed by atoms with van der Waals surface area (Å²) in [5.74, 6) is -0.793. The molecule has 7 nitrogen and oxygen atoms in total. The van der Waals surface area contributed by atoms with E-state index in [4.69, 9.17) is 0 Å². The number of nitrogens with one attached hydrogen (secondary N) is 1. The van der Waals surface area contributed by atoms with Gasteiger partial charge in [0.05, 0.1) is 12.3 Å². The van der Waals surface area contributed by atoms with Gasteiger partial charge in [0.1, 0.15) is 5.54 Å². The second-order valence-electron chi connectivity index (χ2n) is 7.91. The third kappa shape index (κ3) is 3.80. The number of carbonyl (C=O) groups is 2. The van der Waals surface area contributed by atoms with Crippen LogP contribution in [0, 0.1) is 6.92 Å².